The van der Waals surface area contributed by atoms with Gasteiger partial charge in [-0.1, -0.05) is 0 Å². The third-order valence-electron chi connectivity index (χ3n) is 3.30. The minimum absolute atomic E-state index is 0.0993. The summed E-state index contributed by atoms with van der Waals surface area (Å²) in [6.07, 6.45) is 0. The zero-order chi connectivity index (χ0) is 13.1. The van der Waals surface area contributed by atoms with Gasteiger partial charge in [0.25, 0.3) is 5.91 Å². The molecule has 1 fully saturated rings. The molecule has 2 rings (SSSR count). The fourth-order valence-electron chi connectivity index (χ4n) is 1.99. The molecule has 0 aliphatic carbocycles. The van der Waals surface area contributed by atoms with Crippen LogP contribution in [0.2, 0.25) is 0 Å². The number of nitrogens with one attached hydrogen (secondary N) is 2. The Labute approximate surface area is 110 Å². The Balaban J connectivity index is 1.95. The van der Waals surface area contributed by atoms with Gasteiger partial charge in [0.2, 0.25) is 0 Å². The number of hydrogen-bond acceptors (Lipinski definition) is 3. The lowest BCUT2D eigenvalue weighted by molar-refractivity contribution is -0.908. The average molecular weight is 268 g/mol. The molecule has 0 bridgehead atoms. The molecule has 0 radical (unpaired) electrons. The maximum Gasteiger partial charge on any atom is 0.324 e. The minimum Gasteiger partial charge on any atom is -0.336 e. The lowest BCUT2D eigenvalue weighted by Crippen LogP contribution is -3.12. The Kier molecular flexibility index (Phi) is 3.98. The molecule has 2 heterocycles. The Morgan fingerprint density at radius 2 is 2.44 bits per heavy atom. The quantitative estimate of drug-likeness (QED) is 0.788. The van der Waals surface area contributed by atoms with Crippen molar-refractivity contribution < 1.29 is 14.5 Å². The van der Waals surface area contributed by atoms with Crippen LogP contribution in [0.5, 0.6) is 0 Å². The number of thiophene rings is 1. The third-order valence-corrected chi connectivity index (χ3v) is 4.03. The maximum absolute atomic E-state index is 12.2. The highest BCUT2D eigenvalue weighted by molar-refractivity contribution is 7.07. The summed E-state index contributed by atoms with van der Waals surface area (Å²) in [5.41, 5.74) is 1.23. The first-order chi connectivity index (χ1) is 8.59. The molecule has 0 spiro atoms. The van der Waals surface area contributed by atoms with Crippen LogP contribution in [0.4, 0.5) is 4.79 Å². The number of quaternary nitrogens is 1. The van der Waals surface area contributed by atoms with Gasteiger partial charge in [-0.3, -0.25) is 9.69 Å². The fraction of sp³-hybridized carbons (Fsp3) is 0.500. The summed E-state index contributed by atoms with van der Waals surface area (Å²) in [6, 6.07) is 1.58. The predicted molar refractivity (Wildman–Crippen MR) is 69.5 cm³/mol. The topological polar surface area (TPSA) is 53.9 Å². The molecule has 0 saturated carbocycles. The number of amides is 3. The number of urea groups is 1. The standard InChI is InChI=1S/C12H17N3O2S/c1-9(11(16)15-5-4-13-12(15)17)14(2)7-10-3-6-18-8-10/h3,6,8-9H,4-5,7H2,1-2H3,(H,13,17)/p+1/t9-/m1/s1. The summed E-state index contributed by atoms with van der Waals surface area (Å²) < 4.78 is 0. The molecular weight excluding hydrogens is 250 g/mol. The van der Waals surface area contributed by atoms with E-state index in [1.165, 1.54) is 10.5 Å². The van der Waals surface area contributed by atoms with E-state index in [-0.39, 0.29) is 18.0 Å². The van der Waals surface area contributed by atoms with Crippen molar-refractivity contribution in [2.24, 2.45) is 0 Å². The van der Waals surface area contributed by atoms with Gasteiger partial charge in [-0.05, 0) is 23.8 Å². The zero-order valence-electron chi connectivity index (χ0n) is 10.6. The molecule has 98 valence electrons. The van der Waals surface area contributed by atoms with Crippen LogP contribution in [0.15, 0.2) is 16.8 Å². The molecule has 1 unspecified atom stereocenters. The molecule has 1 aromatic heterocycles. The number of imide groups is 1. The molecule has 1 aliphatic rings. The summed E-state index contributed by atoms with van der Waals surface area (Å²) in [7, 11) is 1.98. The van der Waals surface area contributed by atoms with Crippen LogP contribution in [-0.4, -0.2) is 43.0 Å². The average Bonchev–Trinajstić information content (AvgIpc) is 2.98. The Morgan fingerprint density at radius 3 is 3.00 bits per heavy atom. The van der Waals surface area contributed by atoms with E-state index < -0.39 is 0 Å². The Morgan fingerprint density at radius 1 is 1.67 bits per heavy atom. The van der Waals surface area contributed by atoms with Gasteiger partial charge in [0.15, 0.2) is 6.04 Å². The van der Waals surface area contributed by atoms with E-state index in [4.69, 9.17) is 0 Å². The molecular formula is C12H18N3O2S+. The van der Waals surface area contributed by atoms with Gasteiger partial charge in [0, 0.05) is 18.7 Å². The van der Waals surface area contributed by atoms with Crippen LogP contribution >= 0.6 is 11.3 Å². The van der Waals surface area contributed by atoms with Crippen molar-refractivity contribution in [3.63, 3.8) is 0 Å². The summed E-state index contributed by atoms with van der Waals surface area (Å²) in [4.78, 5) is 26.0. The van der Waals surface area contributed by atoms with Gasteiger partial charge in [-0.2, -0.15) is 11.3 Å². The van der Waals surface area contributed by atoms with E-state index >= 15 is 0 Å². The second-order valence-corrected chi connectivity index (χ2v) is 5.38. The first-order valence-corrected chi connectivity index (χ1v) is 6.96. The molecule has 1 aromatic rings. The van der Waals surface area contributed by atoms with Crippen molar-refractivity contribution >= 4 is 23.3 Å². The second kappa shape index (κ2) is 5.49. The van der Waals surface area contributed by atoms with Crippen molar-refractivity contribution in [2.75, 3.05) is 20.1 Å². The Bertz CT molecular complexity index is 433. The third kappa shape index (κ3) is 2.70. The number of nitrogens with zero attached hydrogens (tertiary/aromatic N) is 1. The molecule has 1 aliphatic heterocycles. The molecule has 2 atom stereocenters. The van der Waals surface area contributed by atoms with Crippen LogP contribution in [-0.2, 0) is 11.3 Å². The highest BCUT2D eigenvalue weighted by atomic mass is 32.1. The first-order valence-electron chi connectivity index (χ1n) is 6.02. The van der Waals surface area contributed by atoms with Crippen molar-refractivity contribution in [3.05, 3.63) is 22.4 Å². The van der Waals surface area contributed by atoms with Crippen LogP contribution < -0.4 is 10.2 Å². The monoisotopic (exact) mass is 268 g/mol. The smallest absolute Gasteiger partial charge is 0.324 e. The molecule has 2 N–H and O–H groups in total. The molecule has 5 nitrogen and oxygen atoms in total. The van der Waals surface area contributed by atoms with Gasteiger partial charge in [-0.15, -0.1) is 0 Å². The summed E-state index contributed by atoms with van der Waals surface area (Å²) in [5, 5.41) is 6.77. The number of rotatable bonds is 4. The second-order valence-electron chi connectivity index (χ2n) is 4.60. The van der Waals surface area contributed by atoms with Crippen molar-refractivity contribution in [2.45, 2.75) is 19.5 Å². The van der Waals surface area contributed by atoms with Crippen LogP contribution in [0.1, 0.15) is 12.5 Å². The van der Waals surface area contributed by atoms with Crippen LogP contribution in [0.3, 0.4) is 0 Å². The fourth-order valence-corrected chi connectivity index (χ4v) is 2.66. The summed E-state index contributed by atoms with van der Waals surface area (Å²) in [6.45, 7) is 3.70. The Hall–Kier alpha value is -1.40. The number of hydrogen-bond donors (Lipinski definition) is 2. The maximum atomic E-state index is 12.2. The van der Waals surface area contributed by atoms with Crippen LogP contribution in [0, 0.1) is 0 Å². The molecule has 6 heteroatoms. The largest absolute Gasteiger partial charge is 0.336 e. The number of carbonyl (C=O) groups is 2. The minimum atomic E-state index is -0.268. The van der Waals surface area contributed by atoms with Crippen molar-refractivity contribution in [3.8, 4) is 0 Å². The van der Waals surface area contributed by atoms with E-state index in [0.29, 0.717) is 13.1 Å². The normalized spacial score (nSPS) is 18.6. The van der Waals surface area contributed by atoms with Crippen molar-refractivity contribution in [1.82, 2.24) is 10.2 Å². The molecule has 0 aromatic carbocycles. The summed E-state index contributed by atoms with van der Waals surface area (Å²) >= 11 is 1.65. The number of carbonyl (C=O) groups excluding carboxylic acids is 2. The van der Waals surface area contributed by atoms with E-state index in [1.807, 2.05) is 19.4 Å². The highest BCUT2D eigenvalue weighted by Gasteiger charge is 2.33. The predicted octanol–water partition coefficient (Wildman–Crippen LogP) is -0.297. The zero-order valence-corrected chi connectivity index (χ0v) is 11.4. The van der Waals surface area contributed by atoms with Gasteiger partial charge in [-0.25, -0.2) is 4.79 Å². The van der Waals surface area contributed by atoms with Gasteiger partial charge >= 0.3 is 6.03 Å². The van der Waals surface area contributed by atoms with Crippen LogP contribution in [0.25, 0.3) is 0 Å². The van der Waals surface area contributed by atoms with Gasteiger partial charge < -0.3 is 10.2 Å². The molecule has 3 amide bonds. The van der Waals surface area contributed by atoms with E-state index in [2.05, 4.69) is 16.8 Å². The van der Waals surface area contributed by atoms with Gasteiger partial charge in [0.1, 0.15) is 6.54 Å². The number of likely N-dealkylation sites (N-methyl/N-ethyl adjacent to an activating group) is 1. The first kappa shape index (κ1) is 13.0. The SMILES string of the molecule is C[C@H](C(=O)N1CCNC1=O)[NH+](C)Cc1ccsc1. The lowest BCUT2D eigenvalue weighted by atomic mass is 10.2. The molecule has 18 heavy (non-hydrogen) atoms. The lowest BCUT2D eigenvalue weighted by Gasteiger charge is -2.23. The summed E-state index contributed by atoms with van der Waals surface area (Å²) in [5.74, 6) is -0.0993. The van der Waals surface area contributed by atoms with E-state index in [9.17, 15) is 9.59 Å². The van der Waals surface area contributed by atoms with Crippen molar-refractivity contribution in [1.29, 1.82) is 0 Å². The highest BCUT2D eigenvalue weighted by Crippen LogP contribution is 2.04. The van der Waals surface area contributed by atoms with Gasteiger partial charge in [0.05, 0.1) is 7.05 Å². The van der Waals surface area contributed by atoms with E-state index in [1.54, 1.807) is 11.3 Å². The van der Waals surface area contributed by atoms with E-state index in [0.717, 1.165) is 11.4 Å². The molecule has 1 saturated heterocycles.